The second-order valence-corrected chi connectivity index (χ2v) is 7.35. The fourth-order valence-electron chi connectivity index (χ4n) is 4.29. The van der Waals surface area contributed by atoms with Gasteiger partial charge in [-0.3, -0.25) is 0 Å². The molecule has 0 aliphatic heterocycles. The van der Waals surface area contributed by atoms with Crippen LogP contribution in [0.1, 0.15) is 36.8 Å². The second kappa shape index (κ2) is 6.16. The van der Waals surface area contributed by atoms with Gasteiger partial charge in [0.25, 0.3) is 0 Å². The van der Waals surface area contributed by atoms with Crippen LogP contribution in [0.2, 0.25) is 0 Å². The Kier molecular flexibility index (Phi) is 3.94. The van der Waals surface area contributed by atoms with Gasteiger partial charge in [0.2, 0.25) is 0 Å². The summed E-state index contributed by atoms with van der Waals surface area (Å²) in [6.07, 6.45) is 0.208. The van der Waals surface area contributed by atoms with Crippen molar-refractivity contribution in [2.45, 2.75) is 31.2 Å². The smallest absolute Gasteiger partial charge is 0.408 e. The zero-order chi connectivity index (χ0) is 18.3. The Morgan fingerprint density at radius 3 is 2.12 bits per heavy atom. The summed E-state index contributed by atoms with van der Waals surface area (Å²) in [5.74, 6) is -0.738. The van der Waals surface area contributed by atoms with E-state index in [1.54, 1.807) is 0 Å². The normalized spacial score (nSPS) is 23.5. The minimum absolute atomic E-state index is 0.0331. The Morgan fingerprint density at radius 1 is 1.08 bits per heavy atom. The van der Waals surface area contributed by atoms with Crippen LogP contribution in [0, 0.1) is 5.92 Å². The van der Waals surface area contributed by atoms with Gasteiger partial charge in [-0.1, -0.05) is 55.5 Å². The number of benzene rings is 2. The van der Waals surface area contributed by atoms with Crippen molar-refractivity contribution in [3.63, 3.8) is 0 Å². The average molecular weight is 351 g/mol. The van der Waals surface area contributed by atoms with E-state index in [9.17, 15) is 14.7 Å². The summed E-state index contributed by atoms with van der Waals surface area (Å²) in [7, 11) is 0. The van der Waals surface area contributed by atoms with E-state index < -0.39 is 17.6 Å². The van der Waals surface area contributed by atoms with Gasteiger partial charge in [0.05, 0.1) is 0 Å². The van der Waals surface area contributed by atoms with Crippen LogP contribution < -0.4 is 5.32 Å². The van der Waals surface area contributed by atoms with Crippen molar-refractivity contribution in [3.8, 4) is 11.1 Å². The predicted octanol–water partition coefficient (Wildman–Crippen LogP) is 3.78. The van der Waals surface area contributed by atoms with Crippen LogP contribution in [0.5, 0.6) is 0 Å². The molecule has 1 amide bonds. The molecule has 1 saturated carbocycles. The maximum Gasteiger partial charge on any atom is 0.408 e. The summed E-state index contributed by atoms with van der Waals surface area (Å²) in [6.45, 7) is 2.16. The Hall–Kier alpha value is -2.82. The average Bonchev–Trinajstić information content (AvgIpc) is 2.92. The van der Waals surface area contributed by atoms with E-state index in [2.05, 4.69) is 17.4 Å². The molecule has 134 valence electrons. The number of nitrogens with one attached hydrogen (secondary N) is 1. The molecule has 0 radical (unpaired) electrons. The lowest BCUT2D eigenvalue weighted by atomic mass is 9.69. The minimum Gasteiger partial charge on any atom is -0.480 e. The molecule has 2 aromatic carbocycles. The van der Waals surface area contributed by atoms with Gasteiger partial charge in [-0.25, -0.2) is 9.59 Å². The monoisotopic (exact) mass is 351 g/mol. The molecule has 2 aromatic rings. The number of amides is 1. The number of fused-ring (bicyclic) bond motifs is 3. The van der Waals surface area contributed by atoms with Crippen LogP contribution >= 0.6 is 0 Å². The molecule has 2 N–H and O–H groups in total. The highest BCUT2D eigenvalue weighted by Crippen LogP contribution is 2.44. The molecule has 2 aliphatic carbocycles. The van der Waals surface area contributed by atoms with E-state index in [-0.39, 0.29) is 12.5 Å². The van der Waals surface area contributed by atoms with E-state index in [0.717, 1.165) is 22.3 Å². The summed E-state index contributed by atoms with van der Waals surface area (Å²) >= 11 is 0. The summed E-state index contributed by atoms with van der Waals surface area (Å²) in [4.78, 5) is 23.7. The maximum absolute atomic E-state index is 12.2. The Morgan fingerprint density at radius 2 is 1.62 bits per heavy atom. The van der Waals surface area contributed by atoms with E-state index in [0.29, 0.717) is 18.8 Å². The molecule has 0 bridgehead atoms. The van der Waals surface area contributed by atoms with Gasteiger partial charge in [-0.2, -0.15) is 0 Å². The van der Waals surface area contributed by atoms with Crippen LogP contribution in [0.25, 0.3) is 11.1 Å². The first-order chi connectivity index (χ1) is 12.5. The molecule has 0 unspecified atom stereocenters. The summed E-state index contributed by atoms with van der Waals surface area (Å²) in [5, 5.41) is 12.0. The number of carbonyl (C=O) groups is 2. The van der Waals surface area contributed by atoms with Crippen molar-refractivity contribution >= 4 is 12.1 Å². The quantitative estimate of drug-likeness (QED) is 0.879. The van der Waals surface area contributed by atoms with Crippen molar-refractivity contribution in [2.75, 3.05) is 6.61 Å². The van der Waals surface area contributed by atoms with Gasteiger partial charge in [0.15, 0.2) is 0 Å². The fourth-order valence-corrected chi connectivity index (χ4v) is 4.29. The molecule has 0 atom stereocenters. The highest BCUT2D eigenvalue weighted by atomic mass is 16.5. The molecular formula is C21H21NO4. The summed E-state index contributed by atoms with van der Waals surface area (Å²) in [5.41, 5.74) is 3.40. The third-order valence-electron chi connectivity index (χ3n) is 5.49. The van der Waals surface area contributed by atoms with Gasteiger partial charge in [0, 0.05) is 5.92 Å². The van der Waals surface area contributed by atoms with E-state index in [1.165, 1.54) is 0 Å². The van der Waals surface area contributed by atoms with Crippen molar-refractivity contribution in [3.05, 3.63) is 59.7 Å². The first-order valence-corrected chi connectivity index (χ1v) is 8.87. The van der Waals surface area contributed by atoms with Crippen LogP contribution in [0.15, 0.2) is 48.5 Å². The van der Waals surface area contributed by atoms with Gasteiger partial charge < -0.3 is 15.2 Å². The molecule has 26 heavy (non-hydrogen) atoms. The lowest BCUT2D eigenvalue weighted by molar-refractivity contribution is -0.150. The highest BCUT2D eigenvalue weighted by molar-refractivity contribution is 5.85. The first kappa shape index (κ1) is 16.6. The number of carboxylic acids is 1. The molecule has 5 heteroatoms. The largest absolute Gasteiger partial charge is 0.480 e. The van der Waals surface area contributed by atoms with Gasteiger partial charge >= 0.3 is 12.1 Å². The lowest BCUT2D eigenvalue weighted by Gasteiger charge is -2.42. The third-order valence-corrected chi connectivity index (χ3v) is 5.49. The number of hydrogen-bond acceptors (Lipinski definition) is 3. The van der Waals surface area contributed by atoms with E-state index in [4.69, 9.17) is 4.74 Å². The van der Waals surface area contributed by atoms with Crippen molar-refractivity contribution in [1.29, 1.82) is 0 Å². The van der Waals surface area contributed by atoms with Gasteiger partial charge in [0.1, 0.15) is 12.1 Å². The Balaban J connectivity index is 1.48. The van der Waals surface area contributed by atoms with Crippen molar-refractivity contribution < 1.29 is 19.4 Å². The zero-order valence-electron chi connectivity index (χ0n) is 14.6. The van der Waals surface area contributed by atoms with Crippen molar-refractivity contribution in [1.82, 2.24) is 5.32 Å². The highest BCUT2D eigenvalue weighted by Gasteiger charge is 2.50. The number of hydrogen-bond donors (Lipinski definition) is 2. The zero-order valence-corrected chi connectivity index (χ0v) is 14.6. The summed E-state index contributed by atoms with van der Waals surface area (Å²) < 4.78 is 5.44. The molecule has 4 rings (SSSR count). The molecular weight excluding hydrogens is 330 g/mol. The predicted molar refractivity (Wildman–Crippen MR) is 97.0 cm³/mol. The molecule has 5 nitrogen and oxygen atoms in total. The molecule has 2 aliphatic rings. The molecule has 0 spiro atoms. The van der Waals surface area contributed by atoms with Crippen molar-refractivity contribution in [2.24, 2.45) is 5.92 Å². The van der Waals surface area contributed by atoms with Crippen LogP contribution in [-0.2, 0) is 9.53 Å². The van der Waals surface area contributed by atoms with E-state index in [1.807, 2.05) is 43.3 Å². The standard InChI is InChI=1S/C21H21NO4/c1-13-10-21(11-13,19(23)24)22-20(25)26-12-18-16-8-4-2-6-14(16)15-7-3-5-9-17(15)18/h2-9,13,18H,10-12H2,1H3,(H,22,25)(H,23,24). The van der Waals surface area contributed by atoms with Crippen LogP contribution in [0.3, 0.4) is 0 Å². The fraction of sp³-hybridized carbons (Fsp3) is 0.333. The second-order valence-electron chi connectivity index (χ2n) is 7.35. The van der Waals surface area contributed by atoms with Gasteiger partial charge in [-0.05, 0) is 41.0 Å². The van der Waals surface area contributed by atoms with E-state index >= 15 is 0 Å². The SMILES string of the molecule is CC1CC(NC(=O)OCC2c3ccccc3-c3ccccc32)(C(=O)O)C1. The number of alkyl carbamates (subject to hydrolysis) is 1. The Bertz CT molecular complexity index is 824. The maximum atomic E-state index is 12.2. The number of rotatable bonds is 4. The molecule has 1 fully saturated rings. The number of ether oxygens (including phenoxy) is 1. The van der Waals surface area contributed by atoms with Crippen LogP contribution in [0.4, 0.5) is 4.79 Å². The minimum atomic E-state index is -1.18. The first-order valence-electron chi connectivity index (χ1n) is 8.87. The van der Waals surface area contributed by atoms with Gasteiger partial charge in [-0.15, -0.1) is 0 Å². The lowest BCUT2D eigenvalue weighted by Crippen LogP contribution is -2.62. The number of aliphatic carboxylic acids is 1. The number of carboxylic acid groups (broad SMARTS) is 1. The van der Waals surface area contributed by atoms with Crippen LogP contribution in [-0.4, -0.2) is 29.3 Å². The third kappa shape index (κ3) is 2.64. The topological polar surface area (TPSA) is 75.6 Å². The molecule has 0 heterocycles. The number of carbonyl (C=O) groups excluding carboxylic acids is 1. The molecule has 0 saturated heterocycles. The molecule has 0 aromatic heterocycles. The Labute approximate surface area is 152 Å². The summed E-state index contributed by atoms with van der Waals surface area (Å²) in [6, 6.07) is 16.2.